The number of aliphatic hydroxyl groups is 2. The van der Waals surface area contributed by atoms with E-state index in [0.29, 0.717) is 0 Å². The van der Waals surface area contributed by atoms with Crippen molar-refractivity contribution >= 4 is 23.9 Å². The zero-order chi connectivity index (χ0) is 31.3. The summed E-state index contributed by atoms with van der Waals surface area (Å²) < 4.78 is 34.2. The first-order valence-electron chi connectivity index (χ1n) is 15.1. The Morgan fingerprint density at radius 1 is 1.00 bits per heavy atom. The largest absolute Gasteiger partial charge is 0.498 e. The lowest BCUT2D eigenvalue weighted by molar-refractivity contribution is -0.276. The molecule has 238 valence electrons. The monoisotopic (exact) mass is 614 g/mol. The maximum atomic E-state index is 13.6. The summed E-state index contributed by atoms with van der Waals surface area (Å²) in [5.74, 6) is -4.51. The fourth-order valence-corrected chi connectivity index (χ4v) is 7.90. The van der Waals surface area contributed by atoms with E-state index in [0.717, 1.165) is 18.3 Å². The van der Waals surface area contributed by atoms with E-state index in [9.17, 15) is 29.4 Å². The van der Waals surface area contributed by atoms with Crippen molar-refractivity contribution in [3.8, 4) is 0 Å². The van der Waals surface area contributed by atoms with Gasteiger partial charge in [-0.15, -0.1) is 0 Å². The second-order valence-electron chi connectivity index (χ2n) is 12.5. The third-order valence-electron chi connectivity index (χ3n) is 10.2. The van der Waals surface area contributed by atoms with Gasteiger partial charge >= 0.3 is 23.9 Å². The van der Waals surface area contributed by atoms with E-state index in [4.69, 9.17) is 23.7 Å². The summed E-state index contributed by atoms with van der Waals surface area (Å²) in [5, 5.41) is 22.8. The Bertz CT molecular complexity index is 1340. The number of hydrogen-bond donors (Lipinski definition) is 2. The smallest absolute Gasteiger partial charge is 0.346 e. The lowest BCUT2D eigenvalue weighted by Crippen LogP contribution is -2.69. The Kier molecular flexibility index (Phi) is 8.29. The molecule has 12 heteroatoms. The van der Waals surface area contributed by atoms with Crippen molar-refractivity contribution in [2.24, 2.45) is 29.6 Å². The highest BCUT2D eigenvalue weighted by atomic mass is 16.6. The predicted octanol–water partition coefficient (Wildman–Crippen LogP) is 1.44. The summed E-state index contributed by atoms with van der Waals surface area (Å²) in [6.45, 7) is 3.25. The highest BCUT2D eigenvalue weighted by Crippen LogP contribution is 2.59. The van der Waals surface area contributed by atoms with Gasteiger partial charge in [-0.05, 0) is 43.8 Å². The second kappa shape index (κ2) is 11.9. The molecule has 4 bridgehead atoms. The van der Waals surface area contributed by atoms with E-state index in [-0.39, 0.29) is 73.4 Å². The molecule has 0 radical (unpaired) electrons. The van der Waals surface area contributed by atoms with Crippen LogP contribution in [0.2, 0.25) is 0 Å². The average molecular weight is 615 g/mol. The highest BCUT2D eigenvalue weighted by Gasteiger charge is 2.64. The molecular weight excluding hydrogens is 576 g/mol. The first-order valence-corrected chi connectivity index (χ1v) is 15.1. The van der Waals surface area contributed by atoms with Crippen LogP contribution in [-0.4, -0.2) is 90.5 Å². The van der Waals surface area contributed by atoms with E-state index < -0.39 is 59.8 Å². The van der Waals surface area contributed by atoms with E-state index in [1.807, 2.05) is 26.0 Å². The molecule has 0 amide bonds. The zero-order valence-electron chi connectivity index (χ0n) is 24.9. The predicted molar refractivity (Wildman–Crippen MR) is 149 cm³/mol. The minimum absolute atomic E-state index is 0.0265. The first kappa shape index (κ1) is 30.7. The van der Waals surface area contributed by atoms with Gasteiger partial charge in [0, 0.05) is 31.3 Å². The van der Waals surface area contributed by atoms with Gasteiger partial charge in [0.25, 0.3) is 0 Å². The number of aliphatic hydroxyl groups excluding tert-OH is 2. The number of fused-ring (bicyclic) bond motifs is 2. The van der Waals surface area contributed by atoms with Crippen LogP contribution in [0.15, 0.2) is 47.3 Å². The van der Waals surface area contributed by atoms with Crippen LogP contribution in [0.3, 0.4) is 0 Å². The Morgan fingerprint density at radius 3 is 2.55 bits per heavy atom. The van der Waals surface area contributed by atoms with Crippen LogP contribution >= 0.6 is 0 Å². The molecule has 1 spiro atoms. The molecular formula is C32H38O12. The van der Waals surface area contributed by atoms with Crippen molar-refractivity contribution in [3.63, 3.8) is 0 Å². The van der Waals surface area contributed by atoms with Crippen LogP contribution in [0.5, 0.6) is 0 Å². The molecule has 2 saturated heterocycles. The molecule has 0 aromatic heterocycles. The number of cyclic esters (lactones) is 3. The minimum Gasteiger partial charge on any atom is -0.498 e. The lowest BCUT2D eigenvalue weighted by atomic mass is 9.52. The third-order valence-corrected chi connectivity index (χ3v) is 10.2. The summed E-state index contributed by atoms with van der Waals surface area (Å²) in [6, 6.07) is 0. The van der Waals surface area contributed by atoms with Gasteiger partial charge in [-0.1, -0.05) is 25.2 Å². The molecule has 3 fully saturated rings. The summed E-state index contributed by atoms with van der Waals surface area (Å²) in [7, 11) is 1.41. The van der Waals surface area contributed by atoms with Crippen LogP contribution in [0.25, 0.3) is 0 Å². The molecule has 2 aliphatic carbocycles. The number of methoxy groups -OCH3 is 1. The molecule has 7 aliphatic rings. The number of ether oxygens (including phenoxy) is 6. The Morgan fingerprint density at radius 2 is 1.80 bits per heavy atom. The molecule has 1 saturated carbocycles. The molecule has 5 heterocycles. The fraction of sp³-hybridized carbons (Fsp3) is 0.625. The molecule has 0 aromatic rings. The number of carbonyl (C=O) groups excluding carboxylic acids is 4. The summed E-state index contributed by atoms with van der Waals surface area (Å²) in [5.41, 5.74) is -0.212. The number of carbonyl (C=O) groups is 4. The molecule has 7 rings (SSSR count). The SMILES string of the molecule is COC1C[C@H]2C=C[C@H]3C[C@H]4O[C@]2(C(C)=CC2COC(=O)CCC5=C(C=COCC(O)[C@H]2OC1=O)C(=O)OC5=O)[C@@H]3[C@H](O)[C@H]4C. The summed E-state index contributed by atoms with van der Waals surface area (Å²) in [4.78, 5) is 50.8. The van der Waals surface area contributed by atoms with Gasteiger partial charge in [0.15, 0.2) is 6.10 Å². The highest BCUT2D eigenvalue weighted by molar-refractivity contribution is 6.14. The van der Waals surface area contributed by atoms with Crippen molar-refractivity contribution in [2.45, 2.75) is 75.7 Å². The van der Waals surface area contributed by atoms with E-state index >= 15 is 0 Å². The normalized spacial score (nSPS) is 42.5. The lowest BCUT2D eigenvalue weighted by Gasteiger charge is -2.64. The molecule has 2 N–H and O–H groups in total. The minimum atomic E-state index is -1.40. The number of hydrogen-bond acceptors (Lipinski definition) is 12. The van der Waals surface area contributed by atoms with Gasteiger partial charge in [0.1, 0.15) is 31.0 Å². The zero-order valence-corrected chi connectivity index (χ0v) is 24.9. The molecule has 12 nitrogen and oxygen atoms in total. The van der Waals surface area contributed by atoms with E-state index in [2.05, 4.69) is 10.8 Å². The van der Waals surface area contributed by atoms with Crippen molar-refractivity contribution in [3.05, 3.63) is 47.3 Å². The standard InChI is InChI=1S/C32H38O12/c1-15-10-18-13-41-25(34)7-6-20-21(30(37)43-29(20)36)8-9-40-14-22(33)28(18)42-31(38)24(39-3)12-19-5-4-17-11-23-16(2)27(35)26(17)32(15,19)44-23/h4-5,8-10,16-19,22-24,26-28,33,35H,6-7,11-14H2,1-3H3/t16-,17-,18?,19+,22?,23+,24?,26-,27+,28-,32-/m0/s1. The molecule has 5 aliphatic heterocycles. The van der Waals surface area contributed by atoms with Crippen LogP contribution in [0, 0.1) is 29.6 Å². The van der Waals surface area contributed by atoms with E-state index in [1.165, 1.54) is 13.2 Å². The average Bonchev–Trinajstić information content (AvgIpc) is 3.26. The van der Waals surface area contributed by atoms with Crippen LogP contribution < -0.4 is 0 Å². The van der Waals surface area contributed by atoms with Gasteiger partial charge in [0.2, 0.25) is 0 Å². The molecule has 0 aromatic carbocycles. The Hall–Kier alpha value is -3.32. The Labute approximate surface area is 254 Å². The second-order valence-corrected chi connectivity index (χ2v) is 12.5. The molecule has 44 heavy (non-hydrogen) atoms. The third kappa shape index (κ3) is 5.11. The van der Waals surface area contributed by atoms with Crippen molar-refractivity contribution < 1.29 is 57.8 Å². The van der Waals surface area contributed by atoms with Crippen molar-refractivity contribution in [1.82, 2.24) is 0 Å². The summed E-state index contributed by atoms with van der Waals surface area (Å²) >= 11 is 0. The van der Waals surface area contributed by atoms with E-state index in [1.54, 1.807) is 0 Å². The topological polar surface area (TPSA) is 164 Å². The maximum absolute atomic E-state index is 13.6. The first-order chi connectivity index (χ1) is 21.0. The van der Waals surface area contributed by atoms with Gasteiger partial charge in [-0.25, -0.2) is 14.4 Å². The van der Waals surface area contributed by atoms with Crippen LogP contribution in [0.1, 0.15) is 39.5 Å². The number of esters is 4. The number of allylic oxidation sites excluding steroid dienone is 1. The van der Waals surface area contributed by atoms with Crippen molar-refractivity contribution in [1.29, 1.82) is 0 Å². The molecule has 3 unspecified atom stereocenters. The van der Waals surface area contributed by atoms with Gasteiger partial charge in [-0.3, -0.25) is 4.79 Å². The number of rotatable bonds is 1. The maximum Gasteiger partial charge on any atom is 0.346 e. The van der Waals surface area contributed by atoms with Gasteiger partial charge < -0.3 is 38.6 Å². The Balaban J connectivity index is 1.39. The van der Waals surface area contributed by atoms with Gasteiger partial charge in [0.05, 0.1) is 35.5 Å². The van der Waals surface area contributed by atoms with Crippen LogP contribution in [-0.2, 0) is 47.6 Å². The van der Waals surface area contributed by atoms with Gasteiger partial charge in [-0.2, -0.15) is 0 Å². The molecule has 11 atom stereocenters. The fourth-order valence-electron chi connectivity index (χ4n) is 7.90. The quantitative estimate of drug-likeness (QED) is 0.189. The van der Waals surface area contributed by atoms with Crippen molar-refractivity contribution in [2.75, 3.05) is 20.3 Å². The van der Waals surface area contributed by atoms with Crippen LogP contribution in [0.4, 0.5) is 0 Å². The summed E-state index contributed by atoms with van der Waals surface area (Å²) in [6.07, 6.45) is 4.57.